The summed E-state index contributed by atoms with van der Waals surface area (Å²) in [5.74, 6) is 0.461. The number of hydrogen-bond donors (Lipinski definition) is 0. The van der Waals surface area contributed by atoms with Crippen molar-refractivity contribution in [3.8, 4) is 11.4 Å². The Balaban J connectivity index is 1.91. The molecule has 1 aromatic carbocycles. The van der Waals surface area contributed by atoms with E-state index in [-0.39, 0.29) is 5.78 Å². The standard InChI is InChI=1S/C13H11BrN2O3/c14-10-4-2-1-3-8(10)12-15-13(19-16-12)9-7-18-6-5-11(9)17/h1-4,9H,5-7H2. The van der Waals surface area contributed by atoms with E-state index in [2.05, 4.69) is 26.1 Å². The first kappa shape index (κ1) is 12.5. The van der Waals surface area contributed by atoms with E-state index in [1.807, 2.05) is 24.3 Å². The summed E-state index contributed by atoms with van der Waals surface area (Å²) in [6.45, 7) is 0.789. The first-order valence-electron chi connectivity index (χ1n) is 5.94. The van der Waals surface area contributed by atoms with E-state index in [4.69, 9.17) is 9.26 Å². The molecule has 98 valence electrons. The summed E-state index contributed by atoms with van der Waals surface area (Å²) in [6, 6.07) is 7.59. The van der Waals surface area contributed by atoms with Crippen LogP contribution in [-0.4, -0.2) is 29.1 Å². The molecule has 3 rings (SSSR count). The Kier molecular flexibility index (Phi) is 3.44. The van der Waals surface area contributed by atoms with Crippen LogP contribution < -0.4 is 0 Å². The summed E-state index contributed by atoms with van der Waals surface area (Å²) in [4.78, 5) is 16.1. The maximum atomic E-state index is 11.8. The highest BCUT2D eigenvalue weighted by molar-refractivity contribution is 9.10. The third-order valence-electron chi connectivity index (χ3n) is 3.02. The highest BCUT2D eigenvalue weighted by Gasteiger charge is 2.30. The van der Waals surface area contributed by atoms with E-state index in [1.165, 1.54) is 0 Å². The lowest BCUT2D eigenvalue weighted by molar-refractivity contribution is -0.127. The minimum absolute atomic E-state index is 0.0913. The van der Waals surface area contributed by atoms with Crippen LogP contribution in [0.3, 0.4) is 0 Å². The van der Waals surface area contributed by atoms with Gasteiger partial charge in [0.05, 0.1) is 13.2 Å². The lowest BCUT2D eigenvalue weighted by atomic mass is 10.0. The summed E-state index contributed by atoms with van der Waals surface area (Å²) >= 11 is 3.44. The molecule has 0 spiro atoms. The largest absolute Gasteiger partial charge is 0.380 e. The van der Waals surface area contributed by atoms with Crippen LogP contribution in [0.1, 0.15) is 18.2 Å². The van der Waals surface area contributed by atoms with Gasteiger partial charge in [0.15, 0.2) is 0 Å². The maximum Gasteiger partial charge on any atom is 0.239 e. The fraction of sp³-hybridized carbons (Fsp3) is 0.308. The van der Waals surface area contributed by atoms with Gasteiger partial charge in [-0.05, 0) is 12.1 Å². The molecule has 1 fully saturated rings. The van der Waals surface area contributed by atoms with Gasteiger partial charge in [-0.2, -0.15) is 4.98 Å². The molecule has 1 aliphatic heterocycles. The predicted molar refractivity (Wildman–Crippen MR) is 70.6 cm³/mol. The Morgan fingerprint density at radius 2 is 2.16 bits per heavy atom. The highest BCUT2D eigenvalue weighted by atomic mass is 79.9. The number of rotatable bonds is 2. The second-order valence-electron chi connectivity index (χ2n) is 4.28. The van der Waals surface area contributed by atoms with Gasteiger partial charge in [-0.25, -0.2) is 0 Å². The van der Waals surface area contributed by atoms with Crippen LogP contribution in [0, 0.1) is 0 Å². The Morgan fingerprint density at radius 3 is 2.95 bits per heavy atom. The van der Waals surface area contributed by atoms with Gasteiger partial charge in [0.25, 0.3) is 0 Å². The SMILES string of the molecule is O=C1CCOCC1c1nc(-c2ccccc2Br)no1. The number of nitrogens with zero attached hydrogens (tertiary/aromatic N) is 2. The monoisotopic (exact) mass is 322 g/mol. The summed E-state index contributed by atoms with van der Waals surface area (Å²) in [7, 11) is 0. The average Bonchev–Trinajstić information content (AvgIpc) is 2.89. The van der Waals surface area contributed by atoms with Crippen molar-refractivity contribution in [2.75, 3.05) is 13.2 Å². The molecule has 0 saturated carbocycles. The lowest BCUT2D eigenvalue weighted by Crippen LogP contribution is -2.25. The van der Waals surface area contributed by atoms with E-state index in [0.29, 0.717) is 31.3 Å². The minimum atomic E-state index is -0.433. The van der Waals surface area contributed by atoms with E-state index in [9.17, 15) is 4.79 Å². The molecule has 0 N–H and O–H groups in total. The van der Waals surface area contributed by atoms with E-state index in [0.717, 1.165) is 10.0 Å². The van der Waals surface area contributed by atoms with Crippen molar-refractivity contribution in [1.29, 1.82) is 0 Å². The normalized spacial score (nSPS) is 19.6. The van der Waals surface area contributed by atoms with Crippen molar-refractivity contribution < 1.29 is 14.1 Å². The molecular weight excluding hydrogens is 312 g/mol. The summed E-state index contributed by atoms with van der Waals surface area (Å²) in [5, 5.41) is 3.93. The summed E-state index contributed by atoms with van der Waals surface area (Å²) < 4.78 is 11.4. The quantitative estimate of drug-likeness (QED) is 0.850. The number of carbonyl (C=O) groups is 1. The second kappa shape index (κ2) is 5.22. The Labute approximate surface area is 118 Å². The summed E-state index contributed by atoms with van der Waals surface area (Å²) in [6.07, 6.45) is 0.400. The Morgan fingerprint density at radius 1 is 1.32 bits per heavy atom. The van der Waals surface area contributed by atoms with E-state index >= 15 is 0 Å². The van der Waals surface area contributed by atoms with Crippen LogP contribution in [0.2, 0.25) is 0 Å². The van der Waals surface area contributed by atoms with Crippen LogP contribution >= 0.6 is 15.9 Å². The zero-order chi connectivity index (χ0) is 13.2. The fourth-order valence-corrected chi connectivity index (χ4v) is 2.44. The zero-order valence-corrected chi connectivity index (χ0v) is 11.6. The van der Waals surface area contributed by atoms with Crippen molar-refractivity contribution >= 4 is 21.7 Å². The van der Waals surface area contributed by atoms with Gasteiger partial charge in [-0.15, -0.1) is 0 Å². The van der Waals surface area contributed by atoms with Gasteiger partial charge in [-0.3, -0.25) is 4.79 Å². The lowest BCUT2D eigenvalue weighted by Gasteiger charge is -2.17. The van der Waals surface area contributed by atoms with E-state index in [1.54, 1.807) is 0 Å². The van der Waals surface area contributed by atoms with Crippen molar-refractivity contribution in [1.82, 2.24) is 10.1 Å². The molecule has 0 bridgehead atoms. The highest BCUT2D eigenvalue weighted by Crippen LogP contribution is 2.28. The topological polar surface area (TPSA) is 65.2 Å². The molecule has 1 aliphatic rings. The number of ketones is 1. The molecule has 0 aliphatic carbocycles. The Bertz CT molecular complexity index is 611. The summed E-state index contributed by atoms with van der Waals surface area (Å²) in [5.41, 5.74) is 0.835. The molecule has 2 aromatic rings. The van der Waals surface area contributed by atoms with E-state index < -0.39 is 5.92 Å². The number of carbonyl (C=O) groups excluding carboxylic acids is 1. The molecule has 1 unspecified atom stereocenters. The van der Waals surface area contributed by atoms with Gasteiger partial charge in [0.1, 0.15) is 11.7 Å². The second-order valence-corrected chi connectivity index (χ2v) is 5.13. The van der Waals surface area contributed by atoms with Crippen molar-refractivity contribution in [2.45, 2.75) is 12.3 Å². The van der Waals surface area contributed by atoms with Crippen molar-refractivity contribution in [3.05, 3.63) is 34.6 Å². The third-order valence-corrected chi connectivity index (χ3v) is 3.71. The number of ether oxygens (including phenoxy) is 1. The number of halogens is 1. The molecule has 1 saturated heterocycles. The smallest absolute Gasteiger partial charge is 0.239 e. The third kappa shape index (κ3) is 2.46. The zero-order valence-electron chi connectivity index (χ0n) is 10.0. The first-order chi connectivity index (χ1) is 9.25. The van der Waals surface area contributed by atoms with Crippen LogP contribution in [-0.2, 0) is 9.53 Å². The predicted octanol–water partition coefficient (Wildman–Crippen LogP) is 2.57. The molecule has 5 nitrogen and oxygen atoms in total. The number of Topliss-reactive ketones (excluding diaryl/α,β-unsaturated/α-hetero) is 1. The number of hydrogen-bond acceptors (Lipinski definition) is 5. The molecule has 1 aromatic heterocycles. The minimum Gasteiger partial charge on any atom is -0.380 e. The van der Waals surface area contributed by atoms with Gasteiger partial charge < -0.3 is 9.26 Å². The molecule has 0 amide bonds. The van der Waals surface area contributed by atoms with Gasteiger partial charge in [-0.1, -0.05) is 33.2 Å². The fourth-order valence-electron chi connectivity index (χ4n) is 1.98. The molecule has 19 heavy (non-hydrogen) atoms. The first-order valence-corrected chi connectivity index (χ1v) is 6.74. The van der Waals surface area contributed by atoms with Crippen molar-refractivity contribution in [3.63, 3.8) is 0 Å². The van der Waals surface area contributed by atoms with Crippen molar-refractivity contribution in [2.24, 2.45) is 0 Å². The number of aromatic nitrogens is 2. The van der Waals surface area contributed by atoms with Gasteiger partial charge in [0.2, 0.25) is 11.7 Å². The molecule has 0 radical (unpaired) electrons. The van der Waals surface area contributed by atoms with Gasteiger partial charge >= 0.3 is 0 Å². The van der Waals surface area contributed by atoms with Gasteiger partial charge in [0, 0.05) is 16.5 Å². The maximum absolute atomic E-state index is 11.8. The average molecular weight is 323 g/mol. The molecule has 6 heteroatoms. The molecule has 1 atom stereocenters. The van der Waals surface area contributed by atoms with Crippen LogP contribution in [0.5, 0.6) is 0 Å². The number of benzene rings is 1. The molecule has 2 heterocycles. The Hall–Kier alpha value is -1.53. The molecular formula is C13H11BrN2O3. The van der Waals surface area contributed by atoms with Crippen LogP contribution in [0.4, 0.5) is 0 Å². The van der Waals surface area contributed by atoms with Crippen LogP contribution in [0.25, 0.3) is 11.4 Å². The van der Waals surface area contributed by atoms with Crippen LogP contribution in [0.15, 0.2) is 33.3 Å².